The van der Waals surface area contributed by atoms with E-state index in [4.69, 9.17) is 10.00 Å². The minimum Gasteiger partial charge on any atom is -0.503 e. The van der Waals surface area contributed by atoms with Gasteiger partial charge in [0.15, 0.2) is 11.5 Å². The number of nitrogens with zero attached hydrogens (tertiary/aromatic N) is 2. The van der Waals surface area contributed by atoms with Gasteiger partial charge in [0.25, 0.3) is 5.91 Å². The monoisotopic (exact) mass is 390 g/mol. The summed E-state index contributed by atoms with van der Waals surface area (Å²) in [6.45, 7) is 5.54. The van der Waals surface area contributed by atoms with Gasteiger partial charge < -0.3 is 9.84 Å². The molecule has 1 aliphatic heterocycles. The molecule has 0 aliphatic carbocycles. The van der Waals surface area contributed by atoms with Gasteiger partial charge in [-0.3, -0.25) is 14.5 Å². The highest BCUT2D eigenvalue weighted by Crippen LogP contribution is 2.41. The zero-order chi connectivity index (χ0) is 21.1. The lowest BCUT2D eigenvalue weighted by Gasteiger charge is -2.27. The molecule has 1 aliphatic rings. The molecule has 0 saturated heterocycles. The fourth-order valence-corrected chi connectivity index (χ4v) is 3.36. The largest absolute Gasteiger partial charge is 0.503 e. The third-order valence-corrected chi connectivity index (χ3v) is 4.67. The molecule has 1 N–H and O–H groups in total. The first-order valence-corrected chi connectivity index (χ1v) is 9.44. The predicted molar refractivity (Wildman–Crippen MR) is 109 cm³/mol. The zero-order valence-electron chi connectivity index (χ0n) is 16.5. The second-order valence-electron chi connectivity index (χ2n) is 7.01. The van der Waals surface area contributed by atoms with E-state index < -0.39 is 17.7 Å². The number of amides is 1. The topological polar surface area (TPSA) is 90.6 Å². The number of aliphatic hydroxyl groups excluding tert-OH is 1. The van der Waals surface area contributed by atoms with Gasteiger partial charge in [-0.25, -0.2) is 0 Å². The molecule has 0 aromatic heterocycles. The molecule has 0 fully saturated rings. The number of benzene rings is 2. The van der Waals surface area contributed by atoms with Crippen molar-refractivity contribution in [2.75, 3.05) is 4.90 Å². The van der Waals surface area contributed by atoms with E-state index in [0.29, 0.717) is 22.6 Å². The molecular formula is C23H22N2O4. The lowest BCUT2D eigenvalue weighted by Crippen LogP contribution is -2.31. The number of Topliss-reactive ketones (excluding diaryl/α,β-unsaturated/α-hetero) is 1. The van der Waals surface area contributed by atoms with Crippen molar-refractivity contribution >= 4 is 17.4 Å². The summed E-state index contributed by atoms with van der Waals surface area (Å²) in [6.07, 6.45) is 0.184. The SMILES string of the molecule is CCC(=O)C1=C(O)C(=O)N(c2ccc(C#N)cc2)C1c1ccc(OC(C)C)cc1. The number of anilines is 1. The maximum Gasteiger partial charge on any atom is 0.294 e. The summed E-state index contributed by atoms with van der Waals surface area (Å²) < 4.78 is 5.67. The highest BCUT2D eigenvalue weighted by atomic mass is 16.5. The first-order valence-electron chi connectivity index (χ1n) is 9.44. The van der Waals surface area contributed by atoms with Crippen LogP contribution in [0, 0.1) is 11.3 Å². The van der Waals surface area contributed by atoms with Crippen molar-refractivity contribution in [3.05, 3.63) is 71.0 Å². The molecule has 1 atom stereocenters. The van der Waals surface area contributed by atoms with E-state index in [-0.39, 0.29) is 23.9 Å². The molecule has 3 rings (SSSR count). The molecule has 0 bridgehead atoms. The number of hydrogen-bond donors (Lipinski definition) is 1. The summed E-state index contributed by atoms with van der Waals surface area (Å²) in [7, 11) is 0. The Hall–Kier alpha value is -3.59. The number of ether oxygens (including phenoxy) is 1. The summed E-state index contributed by atoms with van der Waals surface area (Å²) >= 11 is 0. The second-order valence-corrected chi connectivity index (χ2v) is 7.01. The van der Waals surface area contributed by atoms with Crippen LogP contribution in [0.2, 0.25) is 0 Å². The van der Waals surface area contributed by atoms with Crippen LogP contribution in [0.1, 0.15) is 44.4 Å². The highest BCUT2D eigenvalue weighted by Gasteiger charge is 2.43. The molecule has 0 radical (unpaired) electrons. The zero-order valence-corrected chi connectivity index (χ0v) is 16.5. The van der Waals surface area contributed by atoms with Gasteiger partial charge in [0.05, 0.1) is 29.4 Å². The normalized spacial score (nSPS) is 16.3. The fourth-order valence-electron chi connectivity index (χ4n) is 3.36. The Bertz CT molecular complexity index is 999. The lowest BCUT2D eigenvalue weighted by atomic mass is 9.94. The first kappa shape index (κ1) is 20.2. The molecule has 2 aromatic carbocycles. The van der Waals surface area contributed by atoms with Gasteiger partial charge in [0.1, 0.15) is 5.75 Å². The van der Waals surface area contributed by atoms with Crippen molar-refractivity contribution in [2.24, 2.45) is 0 Å². The second kappa shape index (κ2) is 8.19. The highest BCUT2D eigenvalue weighted by molar-refractivity contribution is 6.16. The molecule has 1 unspecified atom stereocenters. The van der Waals surface area contributed by atoms with Crippen molar-refractivity contribution < 1.29 is 19.4 Å². The minimum atomic E-state index is -0.754. The van der Waals surface area contributed by atoms with Gasteiger partial charge in [-0.2, -0.15) is 5.26 Å². The number of hydrogen-bond acceptors (Lipinski definition) is 5. The van der Waals surface area contributed by atoms with Gasteiger partial charge in [-0.1, -0.05) is 19.1 Å². The molecule has 29 heavy (non-hydrogen) atoms. The lowest BCUT2D eigenvalue weighted by molar-refractivity contribution is -0.118. The standard InChI is InChI=1S/C23H22N2O4/c1-4-19(26)20-21(16-7-11-18(12-8-16)29-14(2)3)25(23(28)22(20)27)17-9-5-15(13-24)6-10-17/h5-12,14,21,27H,4H2,1-3H3. The Morgan fingerprint density at radius 1 is 1.17 bits per heavy atom. The van der Waals surface area contributed by atoms with Gasteiger partial charge in [-0.05, 0) is 55.8 Å². The van der Waals surface area contributed by atoms with E-state index >= 15 is 0 Å². The fraction of sp³-hybridized carbons (Fsp3) is 0.261. The van der Waals surface area contributed by atoms with Gasteiger partial charge in [-0.15, -0.1) is 0 Å². The summed E-state index contributed by atoms with van der Waals surface area (Å²) in [5.41, 5.74) is 1.71. The number of carbonyl (C=O) groups is 2. The summed E-state index contributed by atoms with van der Waals surface area (Å²) in [5.74, 6) is -0.790. The maximum absolute atomic E-state index is 12.9. The van der Waals surface area contributed by atoms with E-state index in [2.05, 4.69) is 0 Å². The molecule has 148 valence electrons. The molecule has 6 nitrogen and oxygen atoms in total. The summed E-state index contributed by atoms with van der Waals surface area (Å²) in [5, 5.41) is 19.5. The van der Waals surface area contributed by atoms with Crippen molar-refractivity contribution in [1.82, 2.24) is 0 Å². The predicted octanol–water partition coefficient (Wildman–Crippen LogP) is 4.22. The number of carbonyl (C=O) groups excluding carboxylic acids is 2. The maximum atomic E-state index is 12.9. The molecule has 6 heteroatoms. The number of ketones is 1. The molecule has 1 heterocycles. The van der Waals surface area contributed by atoms with E-state index in [1.807, 2.05) is 19.9 Å². The van der Waals surface area contributed by atoms with E-state index in [1.165, 1.54) is 4.90 Å². The van der Waals surface area contributed by atoms with Crippen LogP contribution in [-0.2, 0) is 9.59 Å². The average molecular weight is 390 g/mol. The minimum absolute atomic E-state index is 0.0187. The van der Waals surface area contributed by atoms with Gasteiger partial charge >= 0.3 is 0 Å². The van der Waals surface area contributed by atoms with E-state index in [0.717, 1.165) is 0 Å². The molecule has 0 spiro atoms. The van der Waals surface area contributed by atoms with E-state index in [9.17, 15) is 14.7 Å². The van der Waals surface area contributed by atoms with Crippen LogP contribution in [0.4, 0.5) is 5.69 Å². The van der Waals surface area contributed by atoms with Crippen molar-refractivity contribution in [2.45, 2.75) is 39.3 Å². The molecule has 2 aromatic rings. The average Bonchev–Trinajstić information content (AvgIpc) is 2.98. The number of rotatable bonds is 6. The van der Waals surface area contributed by atoms with Crippen LogP contribution in [-0.4, -0.2) is 22.9 Å². The van der Waals surface area contributed by atoms with Crippen LogP contribution in [0.15, 0.2) is 59.9 Å². The Morgan fingerprint density at radius 3 is 2.31 bits per heavy atom. The van der Waals surface area contributed by atoms with Crippen LogP contribution in [0.5, 0.6) is 5.75 Å². The van der Waals surface area contributed by atoms with Crippen molar-refractivity contribution in [1.29, 1.82) is 5.26 Å². The smallest absolute Gasteiger partial charge is 0.294 e. The molecule has 0 saturated carbocycles. The van der Waals surface area contributed by atoms with Crippen LogP contribution in [0.25, 0.3) is 0 Å². The third kappa shape index (κ3) is 3.85. The van der Waals surface area contributed by atoms with Gasteiger partial charge in [0.2, 0.25) is 0 Å². The number of aliphatic hydroxyl groups is 1. The quantitative estimate of drug-likeness (QED) is 0.797. The van der Waals surface area contributed by atoms with Crippen molar-refractivity contribution in [3.63, 3.8) is 0 Å². The van der Waals surface area contributed by atoms with Crippen LogP contribution >= 0.6 is 0 Å². The van der Waals surface area contributed by atoms with Crippen LogP contribution in [0.3, 0.4) is 0 Å². The Kier molecular flexibility index (Phi) is 5.69. The Morgan fingerprint density at radius 2 is 1.79 bits per heavy atom. The Labute approximate surface area is 169 Å². The first-order chi connectivity index (χ1) is 13.9. The van der Waals surface area contributed by atoms with Gasteiger partial charge in [0, 0.05) is 12.1 Å². The molecule has 1 amide bonds. The summed E-state index contributed by atoms with van der Waals surface area (Å²) in [6, 6.07) is 14.9. The molecular weight excluding hydrogens is 368 g/mol. The van der Waals surface area contributed by atoms with Crippen LogP contribution < -0.4 is 9.64 Å². The van der Waals surface area contributed by atoms with E-state index in [1.54, 1.807) is 55.5 Å². The Balaban J connectivity index is 2.08. The number of nitriles is 1. The summed E-state index contributed by atoms with van der Waals surface area (Å²) in [4.78, 5) is 26.8. The third-order valence-electron chi connectivity index (χ3n) is 4.67. The van der Waals surface area contributed by atoms with Crippen molar-refractivity contribution in [3.8, 4) is 11.8 Å².